The predicted octanol–water partition coefficient (Wildman–Crippen LogP) is 4.04. The molecule has 0 aliphatic carbocycles. The van der Waals surface area contributed by atoms with E-state index in [1.807, 2.05) is 47.6 Å². The number of imidazole rings is 1. The summed E-state index contributed by atoms with van der Waals surface area (Å²) in [7, 11) is 1.76. The molecule has 0 saturated carbocycles. The van der Waals surface area contributed by atoms with Crippen molar-refractivity contribution in [3.63, 3.8) is 0 Å². The van der Waals surface area contributed by atoms with Crippen molar-refractivity contribution in [1.82, 2.24) is 19.8 Å². The highest BCUT2D eigenvalue weighted by Gasteiger charge is 2.35. The molecule has 1 aliphatic rings. The van der Waals surface area contributed by atoms with E-state index in [9.17, 15) is 14.7 Å². The molecule has 2 amide bonds. The molecule has 3 rings (SSSR count). The van der Waals surface area contributed by atoms with Crippen molar-refractivity contribution in [2.45, 2.75) is 65.1 Å². The number of anilines is 1. The van der Waals surface area contributed by atoms with Gasteiger partial charge >= 0.3 is 6.09 Å². The van der Waals surface area contributed by atoms with Crippen LogP contribution in [-0.4, -0.2) is 56.3 Å². The van der Waals surface area contributed by atoms with E-state index >= 15 is 0 Å². The lowest BCUT2D eigenvalue weighted by molar-refractivity contribution is 0.00529. The number of aromatic nitrogens is 2. The molecule has 2 aromatic rings. The molecule has 0 atom stereocenters. The molecule has 0 unspecified atom stereocenters. The van der Waals surface area contributed by atoms with E-state index in [1.165, 1.54) is 12.3 Å². The summed E-state index contributed by atoms with van der Waals surface area (Å²) in [5.41, 5.74) is 1.12. The van der Waals surface area contributed by atoms with Crippen molar-refractivity contribution in [2.75, 3.05) is 18.4 Å². The van der Waals surface area contributed by atoms with Gasteiger partial charge in [-0.2, -0.15) is 0 Å². The Kier molecular flexibility index (Phi) is 7.07. The van der Waals surface area contributed by atoms with E-state index in [2.05, 4.69) is 15.6 Å². The van der Waals surface area contributed by atoms with Gasteiger partial charge in [0.1, 0.15) is 22.9 Å². The summed E-state index contributed by atoms with van der Waals surface area (Å²) in [6.07, 6.45) is 1.13. The van der Waals surface area contributed by atoms with Crippen LogP contribution >= 0.6 is 11.6 Å². The fourth-order valence-electron chi connectivity index (χ4n) is 3.58. The van der Waals surface area contributed by atoms with Crippen LogP contribution in [0.4, 0.5) is 10.5 Å². The van der Waals surface area contributed by atoms with Gasteiger partial charge in [0.05, 0.1) is 24.5 Å². The monoisotopic (exact) mass is 491 g/mol. The largest absolute Gasteiger partial charge is 0.506 e. The molecule has 34 heavy (non-hydrogen) atoms. The number of amides is 2. The highest BCUT2D eigenvalue weighted by Crippen LogP contribution is 2.37. The second kappa shape index (κ2) is 9.37. The van der Waals surface area contributed by atoms with Crippen molar-refractivity contribution in [2.24, 2.45) is 7.05 Å². The molecule has 10 heteroatoms. The number of halogens is 1. The summed E-state index contributed by atoms with van der Waals surface area (Å²) in [6.45, 7) is 12.7. The van der Waals surface area contributed by atoms with Crippen LogP contribution in [0.2, 0.25) is 5.02 Å². The zero-order valence-electron chi connectivity index (χ0n) is 20.8. The third-order valence-electron chi connectivity index (χ3n) is 5.52. The average Bonchev–Trinajstić information content (AvgIpc) is 3.01. The number of phenols is 1. The van der Waals surface area contributed by atoms with Crippen LogP contribution in [0.3, 0.4) is 0 Å². The zero-order chi connectivity index (χ0) is 25.4. The van der Waals surface area contributed by atoms with Crippen molar-refractivity contribution in [1.29, 1.82) is 0 Å². The lowest BCUT2D eigenvalue weighted by Crippen LogP contribution is -2.61. The quantitative estimate of drug-likeness (QED) is 0.545. The lowest BCUT2D eigenvalue weighted by Gasteiger charge is -2.39. The molecule has 1 saturated heterocycles. The number of benzene rings is 1. The predicted molar refractivity (Wildman–Crippen MR) is 131 cm³/mol. The molecule has 0 radical (unpaired) electrons. The standard InChI is InChI=1S/C24H34ClN5O4/c1-23(2,3)15-8-17(19(31)9-16(15)25)26-11-20-27-10-18(29(20)7)21(32)28-14-12-30(13-14)22(33)34-24(4,5)6/h8-10,14,26,31H,11-13H2,1-7H3,(H,28,32). The molecule has 0 bridgehead atoms. The smallest absolute Gasteiger partial charge is 0.410 e. The summed E-state index contributed by atoms with van der Waals surface area (Å²) < 4.78 is 7.03. The number of likely N-dealkylation sites (tertiary alicyclic amines) is 1. The van der Waals surface area contributed by atoms with Gasteiger partial charge < -0.3 is 29.9 Å². The van der Waals surface area contributed by atoms with E-state index in [4.69, 9.17) is 16.3 Å². The minimum Gasteiger partial charge on any atom is -0.506 e. The second-order valence-corrected chi connectivity index (χ2v) is 11.0. The van der Waals surface area contributed by atoms with Crippen LogP contribution in [0.5, 0.6) is 5.75 Å². The Morgan fingerprint density at radius 2 is 1.85 bits per heavy atom. The summed E-state index contributed by atoms with van der Waals surface area (Å²) in [5.74, 6) is 0.407. The van der Waals surface area contributed by atoms with Crippen LogP contribution in [-0.2, 0) is 23.7 Å². The fourth-order valence-corrected chi connectivity index (χ4v) is 4.02. The third-order valence-corrected chi connectivity index (χ3v) is 5.83. The van der Waals surface area contributed by atoms with Gasteiger partial charge in [0.2, 0.25) is 0 Å². The molecule has 1 aromatic carbocycles. The number of nitrogens with zero attached hydrogens (tertiary/aromatic N) is 3. The topological polar surface area (TPSA) is 109 Å². The molecule has 1 aromatic heterocycles. The molecular formula is C24H34ClN5O4. The lowest BCUT2D eigenvalue weighted by atomic mass is 9.86. The summed E-state index contributed by atoms with van der Waals surface area (Å²) in [5, 5.41) is 16.9. The van der Waals surface area contributed by atoms with Crippen LogP contribution in [0.1, 0.15) is 63.4 Å². The average molecular weight is 492 g/mol. The van der Waals surface area contributed by atoms with Gasteiger partial charge in [0.25, 0.3) is 5.91 Å². The number of hydrogen-bond donors (Lipinski definition) is 3. The molecule has 0 spiro atoms. The highest BCUT2D eigenvalue weighted by molar-refractivity contribution is 6.31. The minimum atomic E-state index is -0.554. The van der Waals surface area contributed by atoms with E-state index in [-0.39, 0.29) is 29.2 Å². The maximum Gasteiger partial charge on any atom is 0.410 e. The molecule has 2 heterocycles. The summed E-state index contributed by atoms with van der Waals surface area (Å²) >= 11 is 6.30. The molecule has 3 N–H and O–H groups in total. The van der Waals surface area contributed by atoms with Crippen molar-refractivity contribution in [3.05, 3.63) is 40.4 Å². The van der Waals surface area contributed by atoms with Gasteiger partial charge in [-0.3, -0.25) is 4.79 Å². The van der Waals surface area contributed by atoms with Gasteiger partial charge in [0, 0.05) is 31.2 Å². The van der Waals surface area contributed by atoms with E-state index in [0.29, 0.717) is 41.9 Å². The Morgan fingerprint density at radius 3 is 2.44 bits per heavy atom. The first kappa shape index (κ1) is 25.7. The summed E-state index contributed by atoms with van der Waals surface area (Å²) in [4.78, 5) is 30.7. The first-order valence-corrected chi connectivity index (χ1v) is 11.6. The number of carbonyl (C=O) groups is 2. The van der Waals surface area contributed by atoms with Gasteiger partial charge in [-0.25, -0.2) is 9.78 Å². The number of aromatic hydroxyl groups is 1. The Hall–Kier alpha value is -2.94. The number of rotatable bonds is 5. The Balaban J connectivity index is 1.59. The Bertz CT molecular complexity index is 1080. The molecule has 9 nitrogen and oxygen atoms in total. The summed E-state index contributed by atoms with van der Waals surface area (Å²) in [6, 6.07) is 3.22. The molecule has 1 fully saturated rings. The van der Waals surface area contributed by atoms with Gasteiger partial charge in [-0.1, -0.05) is 32.4 Å². The van der Waals surface area contributed by atoms with Crippen molar-refractivity contribution in [3.8, 4) is 5.75 Å². The SMILES string of the molecule is Cn1c(C(=O)NC2CN(C(=O)OC(C)(C)C)C2)cnc1CNc1cc(C(C)(C)C)c(Cl)cc1O. The zero-order valence-corrected chi connectivity index (χ0v) is 21.6. The van der Waals surface area contributed by atoms with E-state index < -0.39 is 5.60 Å². The third kappa shape index (κ3) is 5.94. The van der Waals surface area contributed by atoms with E-state index in [0.717, 1.165) is 5.56 Å². The Morgan fingerprint density at radius 1 is 1.21 bits per heavy atom. The van der Waals surface area contributed by atoms with Crippen LogP contribution < -0.4 is 10.6 Å². The van der Waals surface area contributed by atoms with Crippen LogP contribution in [0, 0.1) is 0 Å². The Labute approximate surface area is 205 Å². The number of hydrogen-bond acceptors (Lipinski definition) is 6. The van der Waals surface area contributed by atoms with Gasteiger partial charge in [-0.15, -0.1) is 0 Å². The van der Waals surface area contributed by atoms with Gasteiger partial charge in [-0.05, 0) is 37.8 Å². The first-order chi connectivity index (χ1) is 15.7. The first-order valence-electron chi connectivity index (χ1n) is 11.2. The number of ether oxygens (including phenoxy) is 1. The minimum absolute atomic E-state index is 0.0460. The van der Waals surface area contributed by atoms with E-state index in [1.54, 1.807) is 16.5 Å². The van der Waals surface area contributed by atoms with Crippen LogP contribution in [0.15, 0.2) is 18.3 Å². The van der Waals surface area contributed by atoms with Crippen molar-refractivity contribution >= 4 is 29.3 Å². The van der Waals surface area contributed by atoms with Crippen LogP contribution in [0.25, 0.3) is 0 Å². The maximum atomic E-state index is 12.7. The normalized spacial score (nSPS) is 14.5. The van der Waals surface area contributed by atoms with Gasteiger partial charge in [0.15, 0.2) is 0 Å². The highest BCUT2D eigenvalue weighted by atomic mass is 35.5. The molecule has 1 aliphatic heterocycles. The molecule has 186 valence electrons. The number of carbonyl (C=O) groups excluding carboxylic acids is 2. The number of phenolic OH excluding ortho intramolecular Hbond substituents is 1. The molecular weight excluding hydrogens is 458 g/mol. The number of nitrogens with one attached hydrogen (secondary N) is 2. The maximum absolute atomic E-state index is 12.7. The van der Waals surface area contributed by atoms with Crippen molar-refractivity contribution < 1.29 is 19.4 Å². The fraction of sp³-hybridized carbons (Fsp3) is 0.542. The second-order valence-electron chi connectivity index (χ2n) is 10.6.